The standard InChI is InChI=1S/C84H155NO13/c1-3-5-7-9-11-13-15-17-19-21-23-25-27-28-29-30-31-32-33-34-35-36-37-38-39-40-41-42-43-44-46-48-50-52-54-56-58-60-62-64-66-68-76(89)85-72(71-95-83-81(94)79(92)82(75(70-87)97-83)98-84-80(93)78(91)77(90)74(69-86)96-84)73(88)67-65-63-61-59-57-55-53-51-49-47-45-26-24-22-20-18-16-14-12-10-8-6-4-2/h15,17,21,23,49,51,57,59,65,67,72-75,77-84,86-88,90-94H,3-14,16,18-20,22,24-48,50,52-56,58,60-64,66,68-71H2,1-2H3,(H,85,89)/b17-15-,23-21-,51-49+,59-57+,67-65+. The molecule has 1 amide bonds. The van der Waals surface area contributed by atoms with Gasteiger partial charge in [-0.2, -0.15) is 0 Å². The molecule has 2 aliphatic heterocycles. The molecule has 574 valence electrons. The zero-order valence-electron chi connectivity index (χ0n) is 63.0. The Morgan fingerprint density at radius 1 is 0.367 bits per heavy atom. The Labute approximate surface area is 600 Å². The van der Waals surface area contributed by atoms with Gasteiger partial charge in [-0.25, -0.2) is 0 Å². The van der Waals surface area contributed by atoms with Crippen LogP contribution in [0.15, 0.2) is 60.8 Å². The normalized spacial score (nSPS) is 22.3. The molecule has 0 radical (unpaired) electrons. The van der Waals surface area contributed by atoms with E-state index < -0.39 is 86.8 Å². The van der Waals surface area contributed by atoms with E-state index in [0.717, 1.165) is 51.4 Å². The first kappa shape index (κ1) is 91.8. The fraction of sp³-hybridized carbons (Fsp3) is 0.869. The van der Waals surface area contributed by atoms with Gasteiger partial charge in [0.05, 0.1) is 32.0 Å². The molecule has 2 saturated heterocycles. The number of nitrogens with one attached hydrogen (secondary N) is 1. The zero-order chi connectivity index (χ0) is 70.8. The summed E-state index contributed by atoms with van der Waals surface area (Å²) in [6, 6.07) is -0.939. The van der Waals surface area contributed by atoms with E-state index >= 15 is 0 Å². The van der Waals surface area contributed by atoms with Crippen LogP contribution in [0, 0.1) is 0 Å². The SMILES string of the molecule is CCCCCCC/C=C\C/C=C\CCCCCCCCCCCCCCCCCCCCCCCCCCCCCCCC(=O)NC(COC1OC(CO)C(OC2OC(CO)C(O)C(O)C2O)C(O)C1O)C(O)/C=C/CC/C=C/CC/C=C/CCCCCCCCCCCCCCC. The van der Waals surface area contributed by atoms with Crippen LogP contribution >= 0.6 is 0 Å². The second-order valence-electron chi connectivity index (χ2n) is 29.2. The molecule has 0 aromatic carbocycles. The van der Waals surface area contributed by atoms with Crippen molar-refractivity contribution in [2.75, 3.05) is 19.8 Å². The second-order valence-corrected chi connectivity index (χ2v) is 29.2. The van der Waals surface area contributed by atoms with Crippen molar-refractivity contribution in [3.05, 3.63) is 60.8 Å². The van der Waals surface area contributed by atoms with Crippen LogP contribution in [0.1, 0.15) is 373 Å². The lowest BCUT2D eigenvalue weighted by Crippen LogP contribution is -2.65. The van der Waals surface area contributed by atoms with Gasteiger partial charge in [-0.1, -0.05) is 351 Å². The van der Waals surface area contributed by atoms with Crippen molar-refractivity contribution in [2.45, 2.75) is 447 Å². The molecule has 0 aliphatic carbocycles. The third-order valence-electron chi connectivity index (χ3n) is 20.2. The monoisotopic (exact) mass is 1390 g/mol. The summed E-state index contributed by atoms with van der Waals surface area (Å²) in [6.45, 7) is 2.81. The van der Waals surface area contributed by atoms with E-state index in [0.29, 0.717) is 12.8 Å². The Kier molecular flexibility index (Phi) is 63.5. The van der Waals surface area contributed by atoms with E-state index in [2.05, 4.69) is 67.8 Å². The zero-order valence-corrected chi connectivity index (χ0v) is 63.0. The summed E-state index contributed by atoms with van der Waals surface area (Å²) < 4.78 is 22.9. The Bertz CT molecular complexity index is 1880. The van der Waals surface area contributed by atoms with E-state index in [1.807, 2.05) is 6.08 Å². The molecule has 14 nitrogen and oxygen atoms in total. The van der Waals surface area contributed by atoms with Crippen LogP contribution < -0.4 is 5.32 Å². The van der Waals surface area contributed by atoms with Gasteiger partial charge in [-0.3, -0.25) is 4.79 Å². The van der Waals surface area contributed by atoms with Gasteiger partial charge in [0.1, 0.15) is 48.8 Å². The van der Waals surface area contributed by atoms with Gasteiger partial charge in [0.15, 0.2) is 12.6 Å². The number of unbranched alkanes of at least 4 members (excludes halogenated alkanes) is 49. The van der Waals surface area contributed by atoms with E-state index in [1.54, 1.807) is 6.08 Å². The topological polar surface area (TPSA) is 228 Å². The Balaban J connectivity index is 1.57. The molecule has 0 aromatic rings. The fourth-order valence-electron chi connectivity index (χ4n) is 13.6. The highest BCUT2D eigenvalue weighted by molar-refractivity contribution is 5.76. The molecule has 12 atom stereocenters. The van der Waals surface area contributed by atoms with Gasteiger partial charge in [-0.05, 0) is 77.0 Å². The quantitative estimate of drug-likeness (QED) is 0.0204. The van der Waals surface area contributed by atoms with Gasteiger partial charge >= 0.3 is 0 Å². The lowest BCUT2D eigenvalue weighted by Gasteiger charge is -2.46. The minimum absolute atomic E-state index is 0.247. The van der Waals surface area contributed by atoms with Crippen molar-refractivity contribution in [1.82, 2.24) is 5.32 Å². The molecule has 12 unspecified atom stereocenters. The average molecular weight is 1390 g/mol. The first-order chi connectivity index (χ1) is 48.1. The maximum atomic E-state index is 13.4. The van der Waals surface area contributed by atoms with Crippen molar-refractivity contribution in [3.8, 4) is 0 Å². The minimum atomic E-state index is -1.79. The predicted molar refractivity (Wildman–Crippen MR) is 406 cm³/mol. The molecule has 0 saturated carbocycles. The van der Waals surface area contributed by atoms with E-state index in [1.165, 1.54) is 289 Å². The smallest absolute Gasteiger partial charge is 0.220 e. The number of amides is 1. The molecule has 2 heterocycles. The molecule has 9 N–H and O–H groups in total. The third-order valence-corrected chi connectivity index (χ3v) is 20.2. The number of carbonyl (C=O) groups is 1. The van der Waals surface area contributed by atoms with Crippen LogP contribution in [0.25, 0.3) is 0 Å². The van der Waals surface area contributed by atoms with Gasteiger partial charge in [0, 0.05) is 6.42 Å². The highest BCUT2D eigenvalue weighted by atomic mass is 16.7. The third kappa shape index (κ3) is 50.2. The fourth-order valence-corrected chi connectivity index (χ4v) is 13.6. The maximum Gasteiger partial charge on any atom is 0.220 e. The molecule has 98 heavy (non-hydrogen) atoms. The number of carbonyl (C=O) groups excluding carboxylic acids is 1. The summed E-state index contributed by atoms with van der Waals surface area (Å²) in [6.07, 6.45) is 76.2. The minimum Gasteiger partial charge on any atom is -0.394 e. The van der Waals surface area contributed by atoms with Crippen LogP contribution in [0.5, 0.6) is 0 Å². The van der Waals surface area contributed by atoms with Crippen LogP contribution in [-0.2, 0) is 23.7 Å². The molecule has 2 rings (SSSR count). The van der Waals surface area contributed by atoms with Crippen LogP contribution in [0.2, 0.25) is 0 Å². The molecule has 0 bridgehead atoms. The molecule has 2 aliphatic rings. The van der Waals surface area contributed by atoms with E-state index in [9.17, 15) is 45.6 Å². The number of hydrogen-bond donors (Lipinski definition) is 9. The highest BCUT2D eigenvalue weighted by Crippen LogP contribution is 2.30. The first-order valence-corrected chi connectivity index (χ1v) is 41.5. The summed E-state index contributed by atoms with van der Waals surface area (Å²) >= 11 is 0. The molecule has 0 aromatic heterocycles. The van der Waals surface area contributed by atoms with Crippen LogP contribution in [-0.4, -0.2) is 140 Å². The van der Waals surface area contributed by atoms with Crippen molar-refractivity contribution in [2.24, 2.45) is 0 Å². The van der Waals surface area contributed by atoms with Gasteiger partial charge in [0.25, 0.3) is 0 Å². The largest absolute Gasteiger partial charge is 0.394 e. The molecule has 2 fully saturated rings. The van der Waals surface area contributed by atoms with Gasteiger partial charge < -0.3 is 65.1 Å². The molecule has 14 heteroatoms. The number of aliphatic hydroxyl groups is 8. The Morgan fingerprint density at radius 2 is 0.684 bits per heavy atom. The van der Waals surface area contributed by atoms with Crippen LogP contribution in [0.4, 0.5) is 0 Å². The average Bonchev–Trinajstić information content (AvgIpc) is 0.793. The lowest BCUT2D eigenvalue weighted by atomic mass is 9.97. The molecule has 0 spiro atoms. The summed E-state index contributed by atoms with van der Waals surface area (Å²) in [5.74, 6) is -0.247. The number of hydrogen-bond acceptors (Lipinski definition) is 13. The molecular formula is C84H155NO13. The number of aliphatic hydroxyl groups excluding tert-OH is 8. The second kappa shape index (κ2) is 67.8. The number of rotatable bonds is 70. The maximum absolute atomic E-state index is 13.4. The summed E-state index contributed by atoms with van der Waals surface area (Å²) in [5.41, 5.74) is 0. The van der Waals surface area contributed by atoms with Crippen molar-refractivity contribution in [1.29, 1.82) is 0 Å². The Morgan fingerprint density at radius 3 is 1.06 bits per heavy atom. The summed E-state index contributed by atoms with van der Waals surface area (Å²) in [4.78, 5) is 13.4. The Hall–Kier alpha value is -2.31. The van der Waals surface area contributed by atoms with Crippen molar-refractivity contribution < 1.29 is 64.6 Å². The first-order valence-electron chi connectivity index (χ1n) is 41.5. The van der Waals surface area contributed by atoms with Crippen molar-refractivity contribution >= 4 is 5.91 Å². The predicted octanol–water partition coefficient (Wildman–Crippen LogP) is 19.1. The van der Waals surface area contributed by atoms with Crippen molar-refractivity contribution in [3.63, 3.8) is 0 Å². The van der Waals surface area contributed by atoms with Crippen LogP contribution in [0.3, 0.4) is 0 Å². The summed E-state index contributed by atoms with van der Waals surface area (Å²) in [5, 5.41) is 87.6. The van der Waals surface area contributed by atoms with E-state index in [4.69, 9.17) is 18.9 Å². The number of allylic oxidation sites excluding steroid dienone is 9. The van der Waals surface area contributed by atoms with E-state index in [-0.39, 0.29) is 18.9 Å². The summed E-state index contributed by atoms with van der Waals surface area (Å²) in [7, 11) is 0. The number of ether oxygens (including phenoxy) is 4. The lowest BCUT2D eigenvalue weighted by molar-refractivity contribution is -0.359. The van der Waals surface area contributed by atoms with Gasteiger partial charge in [-0.15, -0.1) is 0 Å². The highest BCUT2D eigenvalue weighted by Gasteiger charge is 2.51. The molecular weight excluding hydrogens is 1230 g/mol. The van der Waals surface area contributed by atoms with Gasteiger partial charge in [0.2, 0.25) is 5.91 Å².